The number of nitrogens with zero attached hydrogens (tertiary/aromatic N) is 4. The molecule has 0 fully saturated rings. The zero-order valence-electron chi connectivity index (χ0n) is 26.6. The molecular formula is C44H31N5. The van der Waals surface area contributed by atoms with E-state index >= 15 is 0 Å². The van der Waals surface area contributed by atoms with Crippen LogP contribution in [-0.4, -0.2) is 20.0 Å². The van der Waals surface area contributed by atoms with E-state index in [9.17, 15) is 0 Å². The summed E-state index contributed by atoms with van der Waals surface area (Å²) in [5, 5.41) is 2.28. The minimum atomic E-state index is -0.0631. The van der Waals surface area contributed by atoms with Crippen molar-refractivity contribution in [1.29, 1.82) is 0 Å². The third kappa shape index (κ3) is 5.32. The Bertz CT molecular complexity index is 2280. The summed E-state index contributed by atoms with van der Waals surface area (Å²) < 4.78 is 0. The highest BCUT2D eigenvalue weighted by atomic mass is 15.6. The SMILES string of the molecule is C1=C(c2ccccc2)N2NC(c3ccccc3)C(c3ccc(-c4nc(-c5ccccc5)nc(-c5ccccc5)n4)cc3)=C2c2ccccc21. The molecule has 232 valence electrons. The minimum absolute atomic E-state index is 0.0631. The van der Waals surface area contributed by atoms with Crippen LogP contribution in [0.3, 0.4) is 0 Å². The molecule has 0 amide bonds. The third-order valence-corrected chi connectivity index (χ3v) is 9.13. The van der Waals surface area contributed by atoms with E-state index in [-0.39, 0.29) is 6.04 Å². The van der Waals surface area contributed by atoms with Crippen molar-refractivity contribution in [1.82, 2.24) is 25.4 Å². The third-order valence-electron chi connectivity index (χ3n) is 9.13. The van der Waals surface area contributed by atoms with E-state index in [1.54, 1.807) is 0 Å². The van der Waals surface area contributed by atoms with E-state index in [1.165, 1.54) is 22.3 Å². The summed E-state index contributed by atoms with van der Waals surface area (Å²) in [7, 11) is 0. The van der Waals surface area contributed by atoms with Gasteiger partial charge in [-0.1, -0.05) is 170 Å². The molecule has 49 heavy (non-hydrogen) atoms. The average molecular weight is 630 g/mol. The van der Waals surface area contributed by atoms with Gasteiger partial charge in [-0.25, -0.2) is 20.4 Å². The lowest BCUT2D eigenvalue weighted by Crippen LogP contribution is -2.33. The van der Waals surface area contributed by atoms with Crippen LogP contribution >= 0.6 is 0 Å². The van der Waals surface area contributed by atoms with E-state index < -0.39 is 0 Å². The molecule has 0 spiro atoms. The molecule has 2 aliphatic rings. The van der Waals surface area contributed by atoms with E-state index in [2.05, 4.69) is 126 Å². The van der Waals surface area contributed by atoms with Crippen molar-refractivity contribution in [3.63, 3.8) is 0 Å². The highest BCUT2D eigenvalue weighted by molar-refractivity contribution is 6.04. The fraction of sp³-hybridized carbons (Fsp3) is 0.0227. The maximum atomic E-state index is 4.97. The van der Waals surface area contributed by atoms with Gasteiger partial charge in [0.2, 0.25) is 0 Å². The number of hydrogen-bond acceptors (Lipinski definition) is 5. The van der Waals surface area contributed by atoms with Gasteiger partial charge in [-0.2, -0.15) is 0 Å². The van der Waals surface area contributed by atoms with E-state index in [0.717, 1.165) is 39.2 Å². The molecule has 9 rings (SSSR count). The first-order chi connectivity index (χ1) is 24.3. The van der Waals surface area contributed by atoms with E-state index in [1.807, 2.05) is 60.7 Å². The summed E-state index contributed by atoms with van der Waals surface area (Å²) in [6.07, 6.45) is 2.28. The lowest BCUT2D eigenvalue weighted by Gasteiger charge is -2.31. The molecule has 1 N–H and O–H groups in total. The summed E-state index contributed by atoms with van der Waals surface area (Å²) in [4.78, 5) is 14.8. The van der Waals surface area contributed by atoms with Gasteiger partial charge in [-0.05, 0) is 28.3 Å². The largest absolute Gasteiger partial charge is 0.274 e. The molecule has 0 radical (unpaired) electrons. The summed E-state index contributed by atoms with van der Waals surface area (Å²) in [6, 6.07) is 58.7. The van der Waals surface area contributed by atoms with Gasteiger partial charge in [-0.3, -0.25) is 5.01 Å². The van der Waals surface area contributed by atoms with Crippen LogP contribution in [0.25, 0.3) is 57.2 Å². The number of aromatic nitrogens is 3. The predicted octanol–water partition coefficient (Wildman–Crippen LogP) is 9.81. The lowest BCUT2D eigenvalue weighted by atomic mass is 9.88. The number of hydrogen-bond donors (Lipinski definition) is 1. The standard InChI is InChI=1S/C44H31N5/c1-5-15-30(16-6-1)38-29-36-23-13-14-24-37(36)41-39(40(48-49(38)41)32-17-7-2-8-18-32)31-25-27-35(28-26-31)44-46-42(33-19-9-3-10-20-33)45-43(47-44)34-21-11-4-12-22-34/h1-29,40,48H. The van der Waals surface area contributed by atoms with Gasteiger partial charge in [0.05, 0.1) is 17.4 Å². The Labute approximate surface area is 285 Å². The van der Waals surface area contributed by atoms with Gasteiger partial charge in [0, 0.05) is 27.8 Å². The Kier molecular flexibility index (Phi) is 7.22. The molecule has 1 aromatic heterocycles. The fourth-order valence-electron chi connectivity index (χ4n) is 6.77. The molecule has 0 bridgehead atoms. The first kappa shape index (κ1) is 28.8. The van der Waals surface area contributed by atoms with Crippen molar-refractivity contribution < 1.29 is 0 Å². The zero-order valence-corrected chi connectivity index (χ0v) is 26.6. The molecule has 7 aromatic rings. The number of nitrogens with one attached hydrogen (secondary N) is 1. The Morgan fingerprint density at radius 3 is 1.45 bits per heavy atom. The Balaban J connectivity index is 1.20. The van der Waals surface area contributed by atoms with Crippen LogP contribution in [-0.2, 0) is 0 Å². The molecule has 3 heterocycles. The Morgan fingerprint density at radius 1 is 0.429 bits per heavy atom. The van der Waals surface area contributed by atoms with Crippen molar-refractivity contribution in [2.75, 3.05) is 0 Å². The van der Waals surface area contributed by atoms with Gasteiger partial charge in [0.1, 0.15) is 0 Å². The second-order valence-corrected chi connectivity index (χ2v) is 12.2. The monoisotopic (exact) mass is 629 g/mol. The molecule has 0 aliphatic carbocycles. The minimum Gasteiger partial charge on any atom is -0.274 e. The molecule has 0 saturated carbocycles. The van der Waals surface area contributed by atoms with Gasteiger partial charge in [0.25, 0.3) is 0 Å². The van der Waals surface area contributed by atoms with Crippen LogP contribution in [0.5, 0.6) is 0 Å². The number of benzene rings is 6. The quantitative estimate of drug-likeness (QED) is 0.198. The highest BCUT2D eigenvalue weighted by Gasteiger charge is 2.38. The normalized spacial score (nSPS) is 15.1. The fourth-order valence-corrected chi connectivity index (χ4v) is 6.77. The van der Waals surface area contributed by atoms with Gasteiger partial charge in [-0.15, -0.1) is 0 Å². The molecule has 2 aliphatic heterocycles. The summed E-state index contributed by atoms with van der Waals surface area (Å²) in [6.45, 7) is 0. The van der Waals surface area contributed by atoms with Crippen LogP contribution in [0.1, 0.15) is 33.9 Å². The number of rotatable bonds is 6. The van der Waals surface area contributed by atoms with Crippen molar-refractivity contribution in [2.45, 2.75) is 6.04 Å². The molecule has 5 heteroatoms. The van der Waals surface area contributed by atoms with Crippen LogP contribution in [0, 0.1) is 0 Å². The average Bonchev–Trinajstić information content (AvgIpc) is 3.60. The number of fused-ring (bicyclic) bond motifs is 3. The number of hydrazine groups is 1. The summed E-state index contributed by atoms with van der Waals surface area (Å²) in [5.41, 5.74) is 16.1. The Morgan fingerprint density at radius 2 is 0.878 bits per heavy atom. The first-order valence-corrected chi connectivity index (χ1v) is 16.5. The van der Waals surface area contributed by atoms with Crippen molar-refractivity contribution in [3.05, 3.63) is 198 Å². The maximum absolute atomic E-state index is 4.97. The molecular weight excluding hydrogens is 599 g/mol. The zero-order chi connectivity index (χ0) is 32.6. The predicted molar refractivity (Wildman–Crippen MR) is 198 cm³/mol. The molecule has 5 nitrogen and oxygen atoms in total. The van der Waals surface area contributed by atoms with E-state index in [0.29, 0.717) is 17.5 Å². The van der Waals surface area contributed by atoms with Crippen LogP contribution in [0.15, 0.2) is 170 Å². The van der Waals surface area contributed by atoms with Gasteiger partial charge < -0.3 is 0 Å². The van der Waals surface area contributed by atoms with Crippen molar-refractivity contribution in [2.24, 2.45) is 0 Å². The van der Waals surface area contributed by atoms with Crippen molar-refractivity contribution >= 4 is 23.0 Å². The van der Waals surface area contributed by atoms with E-state index in [4.69, 9.17) is 15.0 Å². The summed E-state index contributed by atoms with van der Waals surface area (Å²) >= 11 is 0. The second-order valence-electron chi connectivity index (χ2n) is 12.2. The lowest BCUT2D eigenvalue weighted by molar-refractivity contribution is 0.405. The van der Waals surface area contributed by atoms with Crippen LogP contribution < -0.4 is 5.43 Å². The van der Waals surface area contributed by atoms with Crippen LogP contribution in [0.4, 0.5) is 0 Å². The maximum Gasteiger partial charge on any atom is 0.164 e. The van der Waals surface area contributed by atoms with Gasteiger partial charge >= 0.3 is 0 Å². The molecule has 1 unspecified atom stereocenters. The molecule has 1 atom stereocenters. The first-order valence-electron chi connectivity index (χ1n) is 16.5. The summed E-state index contributed by atoms with van der Waals surface area (Å²) in [5.74, 6) is 1.94. The second kappa shape index (κ2) is 12.3. The van der Waals surface area contributed by atoms with Crippen molar-refractivity contribution in [3.8, 4) is 34.2 Å². The molecule has 6 aromatic carbocycles. The van der Waals surface area contributed by atoms with Crippen LogP contribution in [0.2, 0.25) is 0 Å². The smallest absolute Gasteiger partial charge is 0.164 e. The van der Waals surface area contributed by atoms with Gasteiger partial charge in [0.15, 0.2) is 17.5 Å². The Hall–Kier alpha value is -6.43. The molecule has 0 saturated heterocycles. The highest BCUT2D eigenvalue weighted by Crippen LogP contribution is 2.49. The topological polar surface area (TPSA) is 53.9 Å².